The lowest BCUT2D eigenvalue weighted by molar-refractivity contribution is 0.320. The molecule has 0 fully saturated rings. The molecular weight excluding hydrogens is 142 g/mol. The van der Waals surface area contributed by atoms with E-state index in [2.05, 4.69) is 15.5 Å². The Kier molecular flexibility index (Phi) is 1.38. The normalized spacial score (nSPS) is 14.6. The largest absolute Gasteiger partial charge is 0.488 e. The summed E-state index contributed by atoms with van der Waals surface area (Å²) in [6.45, 7) is 3.41. The van der Waals surface area contributed by atoms with Gasteiger partial charge >= 0.3 is 0 Å². The van der Waals surface area contributed by atoms with E-state index >= 15 is 0 Å². The fourth-order valence-corrected chi connectivity index (χ4v) is 1.03. The fourth-order valence-electron chi connectivity index (χ4n) is 1.03. The highest BCUT2D eigenvalue weighted by molar-refractivity contribution is 5.50. The lowest BCUT2D eigenvalue weighted by Gasteiger charge is -2.16. The molecule has 0 saturated carbocycles. The summed E-state index contributed by atoms with van der Waals surface area (Å²) < 4.78 is 5.34. The minimum atomic E-state index is 0.706. The lowest BCUT2D eigenvalue weighted by Crippen LogP contribution is -2.19. The van der Waals surface area contributed by atoms with Crippen molar-refractivity contribution in [3.63, 3.8) is 0 Å². The summed E-state index contributed by atoms with van der Waals surface area (Å²) in [4.78, 5) is 0. The second kappa shape index (κ2) is 2.38. The number of fused-ring (bicyclic) bond motifs is 1. The van der Waals surface area contributed by atoms with Gasteiger partial charge in [0.25, 0.3) is 0 Å². The fraction of sp³-hybridized carbons (Fsp3) is 0.429. The zero-order valence-corrected chi connectivity index (χ0v) is 6.29. The van der Waals surface area contributed by atoms with Gasteiger partial charge in [-0.2, -0.15) is 5.10 Å². The first kappa shape index (κ1) is 6.39. The van der Waals surface area contributed by atoms with Crippen molar-refractivity contribution in [3.05, 3.63) is 11.8 Å². The van der Waals surface area contributed by atoms with Gasteiger partial charge in [0.15, 0.2) is 11.6 Å². The Morgan fingerprint density at radius 2 is 2.45 bits per heavy atom. The minimum absolute atomic E-state index is 0.706. The molecule has 2 rings (SSSR count). The number of aromatic nitrogens is 2. The molecule has 0 aliphatic carbocycles. The van der Waals surface area contributed by atoms with Crippen molar-refractivity contribution in [2.75, 3.05) is 18.5 Å². The number of hydrogen-bond donors (Lipinski definition) is 1. The zero-order valence-electron chi connectivity index (χ0n) is 6.29. The van der Waals surface area contributed by atoms with Gasteiger partial charge in [-0.1, -0.05) is 0 Å². The third-order valence-corrected chi connectivity index (χ3v) is 1.53. The molecular formula is C7H9N3O. The van der Waals surface area contributed by atoms with Crippen LogP contribution in [0.2, 0.25) is 0 Å². The SMILES string of the molecule is Cc1cc2c(nn1)NCCO2. The van der Waals surface area contributed by atoms with Crippen LogP contribution < -0.4 is 10.1 Å². The summed E-state index contributed by atoms with van der Waals surface area (Å²) in [5.41, 5.74) is 0.882. The van der Waals surface area contributed by atoms with Gasteiger partial charge in [0.2, 0.25) is 0 Å². The Bertz CT molecular complexity index is 274. The van der Waals surface area contributed by atoms with Crippen molar-refractivity contribution in [2.45, 2.75) is 6.92 Å². The molecule has 1 aromatic heterocycles. The zero-order chi connectivity index (χ0) is 7.68. The molecule has 1 N–H and O–H groups in total. The predicted octanol–water partition coefficient (Wildman–Crippen LogP) is 0.589. The molecule has 0 radical (unpaired) electrons. The molecule has 1 aliphatic rings. The van der Waals surface area contributed by atoms with E-state index in [1.165, 1.54) is 0 Å². The Morgan fingerprint density at radius 3 is 3.36 bits per heavy atom. The molecule has 0 amide bonds. The summed E-state index contributed by atoms with van der Waals surface area (Å²) in [7, 11) is 0. The van der Waals surface area contributed by atoms with E-state index in [0.29, 0.717) is 6.61 Å². The molecule has 1 aliphatic heterocycles. The number of nitrogens with zero attached hydrogens (tertiary/aromatic N) is 2. The van der Waals surface area contributed by atoms with Crippen molar-refractivity contribution in [1.29, 1.82) is 0 Å². The number of rotatable bonds is 0. The van der Waals surface area contributed by atoms with E-state index in [0.717, 1.165) is 23.8 Å². The molecule has 11 heavy (non-hydrogen) atoms. The minimum Gasteiger partial charge on any atom is -0.488 e. The van der Waals surface area contributed by atoms with Crippen LogP contribution >= 0.6 is 0 Å². The smallest absolute Gasteiger partial charge is 0.191 e. The van der Waals surface area contributed by atoms with E-state index in [4.69, 9.17) is 4.74 Å². The molecule has 0 spiro atoms. The van der Waals surface area contributed by atoms with Crippen molar-refractivity contribution in [2.24, 2.45) is 0 Å². The molecule has 0 saturated heterocycles. The summed E-state index contributed by atoms with van der Waals surface area (Å²) in [6.07, 6.45) is 0. The van der Waals surface area contributed by atoms with Gasteiger partial charge in [0, 0.05) is 6.07 Å². The van der Waals surface area contributed by atoms with Crippen LogP contribution in [0.15, 0.2) is 6.07 Å². The summed E-state index contributed by atoms with van der Waals surface area (Å²) >= 11 is 0. The van der Waals surface area contributed by atoms with Gasteiger partial charge in [-0.25, -0.2) is 0 Å². The van der Waals surface area contributed by atoms with Crippen LogP contribution in [0.25, 0.3) is 0 Å². The first-order valence-corrected chi connectivity index (χ1v) is 3.57. The van der Waals surface area contributed by atoms with E-state index in [1.807, 2.05) is 13.0 Å². The first-order valence-electron chi connectivity index (χ1n) is 3.57. The Morgan fingerprint density at radius 1 is 1.55 bits per heavy atom. The van der Waals surface area contributed by atoms with Crippen LogP contribution in [0, 0.1) is 6.92 Å². The number of aryl methyl sites for hydroxylation is 1. The third-order valence-electron chi connectivity index (χ3n) is 1.53. The molecule has 58 valence electrons. The van der Waals surface area contributed by atoms with Gasteiger partial charge in [-0.05, 0) is 6.92 Å². The molecule has 1 aromatic rings. The highest BCUT2D eigenvalue weighted by Crippen LogP contribution is 2.23. The maximum Gasteiger partial charge on any atom is 0.191 e. The van der Waals surface area contributed by atoms with Gasteiger partial charge in [0.1, 0.15) is 6.61 Å². The van der Waals surface area contributed by atoms with Crippen LogP contribution in [0.5, 0.6) is 5.75 Å². The summed E-state index contributed by atoms with van der Waals surface area (Å²) in [5.74, 6) is 1.56. The van der Waals surface area contributed by atoms with Crippen LogP contribution in [-0.2, 0) is 0 Å². The van der Waals surface area contributed by atoms with Gasteiger partial charge < -0.3 is 10.1 Å². The second-order valence-electron chi connectivity index (χ2n) is 2.47. The quantitative estimate of drug-likeness (QED) is 0.589. The van der Waals surface area contributed by atoms with Crippen molar-refractivity contribution < 1.29 is 4.74 Å². The highest BCUT2D eigenvalue weighted by Gasteiger charge is 2.10. The lowest BCUT2D eigenvalue weighted by atomic mass is 10.3. The van der Waals surface area contributed by atoms with Crippen LogP contribution in [0.4, 0.5) is 5.82 Å². The molecule has 4 nitrogen and oxygen atoms in total. The Hall–Kier alpha value is -1.32. The van der Waals surface area contributed by atoms with E-state index in [1.54, 1.807) is 0 Å². The van der Waals surface area contributed by atoms with E-state index in [-0.39, 0.29) is 0 Å². The predicted molar refractivity (Wildman–Crippen MR) is 40.8 cm³/mol. The second-order valence-corrected chi connectivity index (χ2v) is 2.47. The summed E-state index contributed by atoms with van der Waals surface area (Å²) in [6, 6.07) is 1.88. The number of ether oxygens (including phenoxy) is 1. The Labute approximate surface area is 64.6 Å². The highest BCUT2D eigenvalue weighted by atomic mass is 16.5. The van der Waals surface area contributed by atoms with Crippen LogP contribution in [0.1, 0.15) is 5.69 Å². The van der Waals surface area contributed by atoms with Gasteiger partial charge in [-0.3, -0.25) is 0 Å². The van der Waals surface area contributed by atoms with Crippen molar-refractivity contribution in [3.8, 4) is 5.75 Å². The summed E-state index contributed by atoms with van der Waals surface area (Å²) in [5, 5.41) is 10.9. The van der Waals surface area contributed by atoms with Crippen molar-refractivity contribution in [1.82, 2.24) is 10.2 Å². The average Bonchev–Trinajstić information content (AvgIpc) is 2.04. The number of nitrogens with one attached hydrogen (secondary N) is 1. The molecule has 0 atom stereocenters. The van der Waals surface area contributed by atoms with Gasteiger partial charge in [0.05, 0.1) is 12.2 Å². The molecule has 4 heteroatoms. The molecule has 0 aromatic carbocycles. The van der Waals surface area contributed by atoms with E-state index in [9.17, 15) is 0 Å². The standard InChI is InChI=1S/C7H9N3O/c1-5-4-6-7(10-9-5)8-2-3-11-6/h4H,2-3H2,1H3,(H,8,10). The number of anilines is 1. The number of hydrogen-bond acceptors (Lipinski definition) is 4. The average molecular weight is 151 g/mol. The third kappa shape index (κ3) is 1.11. The maximum atomic E-state index is 5.34. The maximum absolute atomic E-state index is 5.34. The first-order chi connectivity index (χ1) is 5.36. The van der Waals surface area contributed by atoms with Crippen LogP contribution in [0.3, 0.4) is 0 Å². The van der Waals surface area contributed by atoms with Crippen molar-refractivity contribution >= 4 is 5.82 Å². The molecule has 0 bridgehead atoms. The van der Waals surface area contributed by atoms with Crippen LogP contribution in [-0.4, -0.2) is 23.3 Å². The Balaban J connectivity index is 2.43. The van der Waals surface area contributed by atoms with E-state index < -0.39 is 0 Å². The molecule has 2 heterocycles. The monoisotopic (exact) mass is 151 g/mol. The topological polar surface area (TPSA) is 47.0 Å². The molecule has 0 unspecified atom stereocenters. The van der Waals surface area contributed by atoms with Gasteiger partial charge in [-0.15, -0.1) is 5.10 Å².